The molecule has 0 saturated carbocycles. The summed E-state index contributed by atoms with van der Waals surface area (Å²) >= 11 is 0. The van der Waals surface area contributed by atoms with Crippen molar-refractivity contribution in [2.24, 2.45) is 0 Å². The largest absolute Gasteiger partial charge is 0.461 e. The third-order valence-electron chi connectivity index (χ3n) is 2.71. The van der Waals surface area contributed by atoms with Crippen molar-refractivity contribution in [1.82, 2.24) is 4.98 Å². The zero-order chi connectivity index (χ0) is 12.3. The van der Waals surface area contributed by atoms with Gasteiger partial charge in [-0.3, -0.25) is 0 Å². The molecule has 0 radical (unpaired) electrons. The number of carbonyl (C=O) groups excluding carboxylic acids is 1. The second-order valence-corrected chi connectivity index (χ2v) is 3.82. The molecule has 4 heteroatoms. The van der Waals surface area contributed by atoms with Crippen LogP contribution in [0.1, 0.15) is 35.3 Å². The molecule has 0 fully saturated rings. The number of ether oxygens (including phenoxy) is 1. The first-order chi connectivity index (χ1) is 8.22. The van der Waals surface area contributed by atoms with Crippen molar-refractivity contribution < 1.29 is 13.9 Å². The van der Waals surface area contributed by atoms with Gasteiger partial charge in [-0.2, -0.15) is 0 Å². The van der Waals surface area contributed by atoms with E-state index in [1.807, 2.05) is 6.07 Å². The van der Waals surface area contributed by atoms with Crippen LogP contribution in [0.4, 0.5) is 4.39 Å². The number of aromatic nitrogens is 1. The molecule has 0 aromatic carbocycles. The SMILES string of the molecule is CCOC(=O)c1[nH]ccc1C1C=CC(F)=CC1. The van der Waals surface area contributed by atoms with Crippen LogP contribution in [0.2, 0.25) is 0 Å². The molecule has 1 aliphatic rings. The van der Waals surface area contributed by atoms with Crippen LogP contribution < -0.4 is 0 Å². The summed E-state index contributed by atoms with van der Waals surface area (Å²) in [6, 6.07) is 1.83. The van der Waals surface area contributed by atoms with E-state index in [-0.39, 0.29) is 17.7 Å². The van der Waals surface area contributed by atoms with Crippen molar-refractivity contribution in [2.75, 3.05) is 6.61 Å². The predicted molar refractivity (Wildman–Crippen MR) is 62.4 cm³/mol. The van der Waals surface area contributed by atoms with Crippen molar-refractivity contribution in [2.45, 2.75) is 19.3 Å². The van der Waals surface area contributed by atoms with E-state index in [0.717, 1.165) is 5.56 Å². The molecule has 0 spiro atoms. The lowest BCUT2D eigenvalue weighted by Crippen LogP contribution is -2.10. The number of esters is 1. The van der Waals surface area contributed by atoms with Crippen molar-refractivity contribution in [3.63, 3.8) is 0 Å². The fourth-order valence-electron chi connectivity index (χ4n) is 1.90. The number of H-pyrrole nitrogens is 1. The minimum absolute atomic E-state index is 0.0279. The van der Waals surface area contributed by atoms with Crippen LogP contribution in [0.3, 0.4) is 0 Å². The number of rotatable bonds is 3. The third kappa shape index (κ3) is 2.46. The Morgan fingerprint density at radius 3 is 3.12 bits per heavy atom. The molecule has 1 aromatic rings. The second-order valence-electron chi connectivity index (χ2n) is 3.82. The van der Waals surface area contributed by atoms with Crippen molar-refractivity contribution in [3.8, 4) is 0 Å². The van der Waals surface area contributed by atoms with Gasteiger partial charge in [0, 0.05) is 12.1 Å². The van der Waals surface area contributed by atoms with Gasteiger partial charge in [0.1, 0.15) is 11.5 Å². The lowest BCUT2D eigenvalue weighted by molar-refractivity contribution is 0.0518. The van der Waals surface area contributed by atoms with Crippen LogP contribution in [-0.4, -0.2) is 17.6 Å². The Bertz CT molecular complexity index is 474. The molecule has 0 aliphatic heterocycles. The number of nitrogens with one attached hydrogen (secondary N) is 1. The lowest BCUT2D eigenvalue weighted by Gasteiger charge is -2.14. The van der Waals surface area contributed by atoms with E-state index in [1.54, 1.807) is 19.2 Å². The van der Waals surface area contributed by atoms with Gasteiger partial charge in [0.2, 0.25) is 0 Å². The Labute approximate surface area is 99.0 Å². The second kappa shape index (κ2) is 4.99. The zero-order valence-electron chi connectivity index (χ0n) is 9.57. The van der Waals surface area contributed by atoms with Gasteiger partial charge in [-0.15, -0.1) is 0 Å². The number of allylic oxidation sites excluding steroid dienone is 4. The van der Waals surface area contributed by atoms with Gasteiger partial charge < -0.3 is 9.72 Å². The van der Waals surface area contributed by atoms with E-state index in [0.29, 0.717) is 18.7 Å². The number of halogens is 1. The fourth-order valence-corrected chi connectivity index (χ4v) is 1.90. The van der Waals surface area contributed by atoms with Crippen molar-refractivity contribution in [1.29, 1.82) is 0 Å². The molecule has 1 heterocycles. The Balaban J connectivity index is 2.20. The van der Waals surface area contributed by atoms with Crippen LogP contribution in [0.5, 0.6) is 0 Å². The normalized spacial score (nSPS) is 18.9. The smallest absolute Gasteiger partial charge is 0.355 e. The van der Waals surface area contributed by atoms with E-state index in [1.165, 1.54) is 12.2 Å². The summed E-state index contributed by atoms with van der Waals surface area (Å²) < 4.78 is 17.8. The van der Waals surface area contributed by atoms with Gasteiger partial charge in [0.05, 0.1) is 6.61 Å². The highest BCUT2D eigenvalue weighted by Crippen LogP contribution is 2.29. The minimum Gasteiger partial charge on any atom is -0.461 e. The molecule has 17 heavy (non-hydrogen) atoms. The van der Waals surface area contributed by atoms with E-state index < -0.39 is 0 Å². The first-order valence-electron chi connectivity index (χ1n) is 5.60. The average molecular weight is 235 g/mol. The third-order valence-corrected chi connectivity index (χ3v) is 2.71. The van der Waals surface area contributed by atoms with Gasteiger partial charge in [0.25, 0.3) is 0 Å². The first kappa shape index (κ1) is 11.6. The van der Waals surface area contributed by atoms with Gasteiger partial charge in [0.15, 0.2) is 0 Å². The monoisotopic (exact) mass is 235 g/mol. The maximum atomic E-state index is 12.9. The number of hydrogen-bond donors (Lipinski definition) is 1. The summed E-state index contributed by atoms with van der Waals surface area (Å²) in [5.74, 6) is -0.564. The topological polar surface area (TPSA) is 42.1 Å². The van der Waals surface area contributed by atoms with Crippen LogP contribution in [0, 0.1) is 0 Å². The molecule has 1 N–H and O–H groups in total. The molecule has 0 saturated heterocycles. The molecular formula is C13H14FNO2. The Kier molecular flexibility index (Phi) is 3.42. The van der Waals surface area contributed by atoms with Crippen LogP contribution in [-0.2, 0) is 4.74 Å². The van der Waals surface area contributed by atoms with Crippen LogP contribution in [0.15, 0.2) is 36.3 Å². The Morgan fingerprint density at radius 2 is 2.47 bits per heavy atom. The first-order valence-corrected chi connectivity index (χ1v) is 5.60. The summed E-state index contributed by atoms with van der Waals surface area (Å²) in [5.41, 5.74) is 1.31. The van der Waals surface area contributed by atoms with Crippen LogP contribution in [0.25, 0.3) is 0 Å². The van der Waals surface area contributed by atoms with Crippen molar-refractivity contribution >= 4 is 5.97 Å². The standard InChI is InChI=1S/C13H14FNO2/c1-2-17-13(16)12-11(7-8-15-12)9-3-5-10(14)6-4-9/h3,5-9,15H,2,4H2,1H3. The van der Waals surface area contributed by atoms with E-state index in [2.05, 4.69) is 4.98 Å². The van der Waals surface area contributed by atoms with E-state index in [9.17, 15) is 9.18 Å². The quantitative estimate of drug-likeness (QED) is 0.818. The Hall–Kier alpha value is -1.84. The molecule has 0 bridgehead atoms. The van der Waals surface area contributed by atoms with Gasteiger partial charge >= 0.3 is 5.97 Å². The van der Waals surface area contributed by atoms with Gasteiger partial charge in [-0.25, -0.2) is 9.18 Å². The minimum atomic E-state index is -0.365. The zero-order valence-corrected chi connectivity index (χ0v) is 9.57. The molecule has 90 valence electrons. The molecular weight excluding hydrogens is 221 g/mol. The summed E-state index contributed by atoms with van der Waals surface area (Å²) in [4.78, 5) is 14.5. The van der Waals surface area contributed by atoms with E-state index in [4.69, 9.17) is 4.74 Å². The molecule has 2 rings (SSSR count). The van der Waals surface area contributed by atoms with Gasteiger partial charge in [-0.1, -0.05) is 6.08 Å². The molecule has 1 atom stereocenters. The summed E-state index contributed by atoms with van der Waals surface area (Å²) in [5, 5.41) is 0. The fraction of sp³-hybridized carbons (Fsp3) is 0.308. The molecule has 1 aromatic heterocycles. The van der Waals surface area contributed by atoms with E-state index >= 15 is 0 Å². The number of hydrogen-bond acceptors (Lipinski definition) is 2. The Morgan fingerprint density at radius 1 is 1.65 bits per heavy atom. The predicted octanol–water partition coefficient (Wildman–Crippen LogP) is 3.09. The maximum absolute atomic E-state index is 12.9. The number of carbonyl (C=O) groups is 1. The van der Waals surface area contributed by atoms with Crippen molar-refractivity contribution in [3.05, 3.63) is 47.6 Å². The molecule has 1 unspecified atom stereocenters. The summed E-state index contributed by atoms with van der Waals surface area (Å²) in [6.07, 6.45) is 6.97. The summed E-state index contributed by atoms with van der Waals surface area (Å²) in [7, 11) is 0. The highest BCUT2D eigenvalue weighted by atomic mass is 19.1. The summed E-state index contributed by atoms with van der Waals surface area (Å²) in [6.45, 7) is 2.10. The lowest BCUT2D eigenvalue weighted by atomic mass is 9.92. The number of aromatic amines is 1. The highest BCUT2D eigenvalue weighted by Gasteiger charge is 2.20. The highest BCUT2D eigenvalue weighted by molar-refractivity contribution is 5.89. The molecule has 3 nitrogen and oxygen atoms in total. The molecule has 0 amide bonds. The average Bonchev–Trinajstić information content (AvgIpc) is 2.79. The van der Waals surface area contributed by atoms with Crippen LogP contribution >= 0.6 is 0 Å². The maximum Gasteiger partial charge on any atom is 0.355 e. The molecule has 1 aliphatic carbocycles. The van der Waals surface area contributed by atoms with Gasteiger partial charge in [-0.05, 0) is 37.1 Å².